The van der Waals surface area contributed by atoms with Gasteiger partial charge in [0.2, 0.25) is 0 Å². The summed E-state index contributed by atoms with van der Waals surface area (Å²) >= 11 is 2.92. The summed E-state index contributed by atoms with van der Waals surface area (Å²) in [7, 11) is 3.60. The van der Waals surface area contributed by atoms with Crippen molar-refractivity contribution >= 4 is 57.3 Å². The summed E-state index contributed by atoms with van der Waals surface area (Å²) in [5.74, 6) is 0.629. The molecule has 3 aliphatic rings. The molecule has 1 aliphatic carbocycles. The normalized spacial score (nSPS) is 18.1. The second-order valence-corrected chi connectivity index (χ2v) is 11.7. The lowest BCUT2D eigenvalue weighted by Crippen LogP contribution is -2.29. The number of benzene rings is 4. The van der Waals surface area contributed by atoms with Gasteiger partial charge in [0.05, 0.1) is 34.1 Å². The number of fused-ring (bicyclic) bond motifs is 4. The SMILES string of the molecule is COc1ccc2c(c1)N(C)C(=C1SC(=Nc3ccc4c(c3)Cc3cc([N+](=O)[O-])ccc3-4)N(c3ccccc3)C1=O)S2. The number of nitro groups is 1. The highest BCUT2D eigenvalue weighted by Crippen LogP contribution is 2.51. The average molecular weight is 579 g/mol. The molecule has 0 spiro atoms. The topological polar surface area (TPSA) is 88.3 Å². The van der Waals surface area contributed by atoms with Crippen LogP contribution in [-0.2, 0) is 11.2 Å². The molecule has 0 unspecified atom stereocenters. The minimum Gasteiger partial charge on any atom is -0.497 e. The summed E-state index contributed by atoms with van der Waals surface area (Å²) in [5.41, 5.74) is 6.57. The van der Waals surface area contributed by atoms with E-state index >= 15 is 0 Å². The van der Waals surface area contributed by atoms with Crippen LogP contribution in [0.4, 0.5) is 22.7 Å². The van der Waals surface area contributed by atoms with Crippen LogP contribution < -0.4 is 14.5 Å². The number of nitrogens with zero attached hydrogens (tertiary/aromatic N) is 4. The summed E-state index contributed by atoms with van der Waals surface area (Å²) in [6, 6.07) is 26.4. The molecular weight excluding hydrogens is 556 g/mol. The van der Waals surface area contributed by atoms with E-state index in [1.165, 1.54) is 11.8 Å². The molecule has 202 valence electrons. The molecule has 2 heterocycles. The Labute approximate surface area is 244 Å². The number of anilines is 2. The zero-order valence-electron chi connectivity index (χ0n) is 22.0. The van der Waals surface area contributed by atoms with Crippen LogP contribution in [0, 0.1) is 10.1 Å². The lowest BCUT2D eigenvalue weighted by Gasteiger charge is -2.17. The van der Waals surface area contributed by atoms with Gasteiger partial charge in [-0.2, -0.15) is 0 Å². The number of nitro benzene ring substituents is 1. The first-order valence-electron chi connectivity index (χ1n) is 12.8. The molecule has 0 N–H and O–H groups in total. The van der Waals surface area contributed by atoms with Crippen molar-refractivity contribution in [3.05, 3.63) is 116 Å². The molecule has 0 bridgehead atoms. The fraction of sp³-hybridized carbons (Fsp3) is 0.0968. The number of amides is 1. The molecule has 0 saturated carbocycles. The fourth-order valence-electron chi connectivity index (χ4n) is 5.31. The maximum atomic E-state index is 14.0. The molecule has 0 aromatic heterocycles. The van der Waals surface area contributed by atoms with Gasteiger partial charge in [0.15, 0.2) is 5.17 Å². The van der Waals surface area contributed by atoms with Crippen molar-refractivity contribution < 1.29 is 14.5 Å². The van der Waals surface area contributed by atoms with Crippen molar-refractivity contribution in [2.24, 2.45) is 4.99 Å². The van der Waals surface area contributed by atoms with Crippen LogP contribution in [0.2, 0.25) is 0 Å². The summed E-state index contributed by atoms with van der Waals surface area (Å²) in [6.07, 6.45) is 0.595. The van der Waals surface area contributed by atoms with Crippen molar-refractivity contribution in [2.75, 3.05) is 24.0 Å². The van der Waals surface area contributed by atoms with Gasteiger partial charge >= 0.3 is 0 Å². The second-order valence-electron chi connectivity index (χ2n) is 9.72. The molecule has 2 aliphatic heterocycles. The summed E-state index contributed by atoms with van der Waals surface area (Å²) in [5, 5.41) is 12.7. The summed E-state index contributed by atoms with van der Waals surface area (Å²) < 4.78 is 5.42. The van der Waals surface area contributed by atoms with E-state index in [4.69, 9.17) is 9.73 Å². The van der Waals surface area contributed by atoms with Gasteiger partial charge in [0.25, 0.3) is 11.6 Å². The molecule has 41 heavy (non-hydrogen) atoms. The number of carbonyl (C=O) groups is 1. The Bertz CT molecular complexity index is 1840. The zero-order chi connectivity index (χ0) is 28.2. The lowest BCUT2D eigenvalue weighted by molar-refractivity contribution is -0.384. The van der Waals surface area contributed by atoms with E-state index in [9.17, 15) is 14.9 Å². The number of amidine groups is 1. The van der Waals surface area contributed by atoms with Crippen molar-refractivity contribution in [3.63, 3.8) is 0 Å². The molecular formula is C31H22N4O4S2. The number of para-hydroxylation sites is 1. The Morgan fingerprint density at radius 2 is 1.68 bits per heavy atom. The Balaban J connectivity index is 1.27. The number of aliphatic imine (C=N–C) groups is 1. The monoisotopic (exact) mass is 578 g/mol. The predicted octanol–water partition coefficient (Wildman–Crippen LogP) is 7.35. The van der Waals surface area contributed by atoms with Crippen LogP contribution in [-0.4, -0.2) is 30.2 Å². The van der Waals surface area contributed by atoms with Crippen molar-refractivity contribution in [3.8, 4) is 16.9 Å². The van der Waals surface area contributed by atoms with Crippen LogP contribution >= 0.6 is 23.5 Å². The van der Waals surface area contributed by atoms with E-state index in [0.29, 0.717) is 22.2 Å². The molecule has 4 aromatic carbocycles. The summed E-state index contributed by atoms with van der Waals surface area (Å²) in [6.45, 7) is 0. The average Bonchev–Trinajstić information content (AvgIpc) is 3.62. The number of ether oxygens (including phenoxy) is 1. The van der Waals surface area contributed by atoms with E-state index in [1.54, 1.807) is 35.9 Å². The Kier molecular flexibility index (Phi) is 6.09. The van der Waals surface area contributed by atoms with E-state index in [2.05, 4.69) is 0 Å². The first kappa shape index (κ1) is 25.4. The van der Waals surface area contributed by atoms with Crippen LogP contribution in [0.15, 0.2) is 105 Å². The Hall–Kier alpha value is -4.54. The third kappa shape index (κ3) is 4.27. The smallest absolute Gasteiger partial charge is 0.274 e. The number of thioether (sulfide) groups is 2. The molecule has 1 amide bonds. The van der Waals surface area contributed by atoms with Gasteiger partial charge < -0.3 is 9.64 Å². The van der Waals surface area contributed by atoms with Crippen LogP contribution in [0.3, 0.4) is 0 Å². The molecule has 1 saturated heterocycles. The number of methoxy groups -OCH3 is 1. The standard InChI is InChI=1S/C31H22N4O4S2/c1-33-26-17-23(39-2)10-13-27(26)40-30(33)28-29(36)34(21-6-4-3-5-7-21)31(41-28)32-20-8-11-24-18(15-20)14-19-16-22(35(37)38)9-12-25(19)24/h3-13,15-17H,14H2,1-2H3. The van der Waals surface area contributed by atoms with Gasteiger partial charge in [-0.1, -0.05) is 36.0 Å². The first-order chi connectivity index (χ1) is 19.9. The van der Waals surface area contributed by atoms with Gasteiger partial charge in [-0.3, -0.25) is 19.8 Å². The van der Waals surface area contributed by atoms with E-state index in [-0.39, 0.29) is 16.5 Å². The third-order valence-electron chi connectivity index (χ3n) is 7.31. The van der Waals surface area contributed by atoms with Crippen LogP contribution in [0.1, 0.15) is 11.1 Å². The maximum absolute atomic E-state index is 14.0. The van der Waals surface area contributed by atoms with Crippen LogP contribution in [0.25, 0.3) is 11.1 Å². The highest BCUT2D eigenvalue weighted by Gasteiger charge is 2.40. The highest BCUT2D eigenvalue weighted by molar-refractivity contribution is 8.20. The Morgan fingerprint density at radius 3 is 2.44 bits per heavy atom. The first-order valence-corrected chi connectivity index (χ1v) is 14.4. The largest absolute Gasteiger partial charge is 0.497 e. The van der Waals surface area contributed by atoms with Gasteiger partial charge in [-0.15, -0.1) is 0 Å². The molecule has 7 rings (SSSR count). The van der Waals surface area contributed by atoms with Crippen molar-refractivity contribution in [1.29, 1.82) is 0 Å². The Morgan fingerprint density at radius 1 is 0.927 bits per heavy atom. The number of hydrogen-bond donors (Lipinski definition) is 0. The van der Waals surface area contributed by atoms with E-state index in [1.807, 2.05) is 84.7 Å². The maximum Gasteiger partial charge on any atom is 0.274 e. The lowest BCUT2D eigenvalue weighted by atomic mass is 10.1. The van der Waals surface area contributed by atoms with Gasteiger partial charge in [0, 0.05) is 30.1 Å². The number of carbonyl (C=O) groups excluding carboxylic acids is 1. The number of hydrogen-bond acceptors (Lipinski definition) is 8. The minimum absolute atomic E-state index is 0.0901. The molecule has 1 fully saturated rings. The zero-order valence-corrected chi connectivity index (χ0v) is 23.7. The quantitative estimate of drug-likeness (QED) is 0.125. The van der Waals surface area contributed by atoms with Crippen molar-refractivity contribution in [2.45, 2.75) is 11.3 Å². The minimum atomic E-state index is -0.367. The number of non-ortho nitro benzene ring substituents is 1. The molecule has 0 atom stereocenters. The molecule has 4 aromatic rings. The predicted molar refractivity (Wildman–Crippen MR) is 164 cm³/mol. The van der Waals surface area contributed by atoms with E-state index < -0.39 is 0 Å². The molecule has 0 radical (unpaired) electrons. The third-order valence-corrected chi connectivity index (χ3v) is 9.71. The fourth-order valence-corrected chi connectivity index (χ4v) is 7.64. The highest BCUT2D eigenvalue weighted by atomic mass is 32.2. The molecule has 8 nitrogen and oxygen atoms in total. The second kappa shape index (κ2) is 9.83. The van der Waals surface area contributed by atoms with Crippen molar-refractivity contribution in [1.82, 2.24) is 0 Å². The van der Waals surface area contributed by atoms with Gasteiger partial charge in [0.1, 0.15) is 10.7 Å². The van der Waals surface area contributed by atoms with Crippen LogP contribution in [0.5, 0.6) is 5.75 Å². The van der Waals surface area contributed by atoms with E-state index in [0.717, 1.165) is 49.3 Å². The van der Waals surface area contributed by atoms with Gasteiger partial charge in [-0.05, 0) is 82.9 Å². The number of rotatable bonds is 4. The summed E-state index contributed by atoms with van der Waals surface area (Å²) in [4.78, 5) is 35.2. The van der Waals surface area contributed by atoms with Gasteiger partial charge in [-0.25, -0.2) is 4.99 Å². The molecule has 10 heteroatoms.